The average molecular weight is 369 g/mol. The van der Waals surface area contributed by atoms with Gasteiger partial charge in [-0.3, -0.25) is 4.79 Å². The molecule has 4 rings (SSSR count). The van der Waals surface area contributed by atoms with Gasteiger partial charge in [0.05, 0.1) is 23.4 Å². The summed E-state index contributed by atoms with van der Waals surface area (Å²) in [6, 6.07) is 10.3. The Bertz CT molecular complexity index is 772. The van der Waals surface area contributed by atoms with E-state index in [1.165, 1.54) is 5.56 Å². The molecular weight excluding hydrogens is 344 g/mol. The van der Waals surface area contributed by atoms with E-state index in [1.54, 1.807) is 17.4 Å². The van der Waals surface area contributed by atoms with Crippen LogP contribution < -0.4 is 0 Å². The summed E-state index contributed by atoms with van der Waals surface area (Å²) in [5, 5.41) is 3.00. The number of hydrogen-bond donors (Lipinski definition) is 0. The molecule has 1 saturated heterocycles. The summed E-state index contributed by atoms with van der Waals surface area (Å²) in [7, 11) is 0. The van der Waals surface area contributed by atoms with Gasteiger partial charge in [-0.15, -0.1) is 11.3 Å². The molecule has 2 aliphatic rings. The zero-order chi connectivity index (χ0) is 17.9. The first-order valence-corrected chi connectivity index (χ1v) is 10.1. The van der Waals surface area contributed by atoms with Crippen molar-refractivity contribution in [3.63, 3.8) is 0 Å². The van der Waals surface area contributed by atoms with E-state index in [9.17, 15) is 4.79 Å². The second-order valence-electron chi connectivity index (χ2n) is 7.28. The molecule has 0 N–H and O–H groups in total. The number of ether oxygens (including phenoxy) is 1. The fourth-order valence-corrected chi connectivity index (χ4v) is 4.65. The van der Waals surface area contributed by atoms with Crippen LogP contribution in [0.4, 0.5) is 0 Å². The lowest BCUT2D eigenvalue weighted by Crippen LogP contribution is -2.28. The number of fused-ring (bicyclic) bond motifs is 1. The van der Waals surface area contributed by atoms with Crippen LogP contribution in [0.2, 0.25) is 0 Å². The molecule has 0 radical (unpaired) electrons. The fraction of sp³-hybridized carbons (Fsp3) is 0.429. The van der Waals surface area contributed by atoms with E-state index >= 15 is 0 Å². The van der Waals surface area contributed by atoms with E-state index in [-0.39, 0.29) is 5.91 Å². The van der Waals surface area contributed by atoms with Crippen molar-refractivity contribution >= 4 is 23.3 Å². The number of benzene rings is 1. The SMILES string of the molecule is Cc1nc(/C=C/C(=O)N2C[C@H]3CC(OCc4ccccc4)C[C@H]3C2)cs1. The van der Waals surface area contributed by atoms with Crippen LogP contribution in [0.3, 0.4) is 0 Å². The zero-order valence-corrected chi connectivity index (χ0v) is 15.8. The van der Waals surface area contributed by atoms with Crippen LogP contribution in [0.25, 0.3) is 6.08 Å². The second kappa shape index (κ2) is 7.72. The molecule has 1 aromatic carbocycles. The lowest BCUT2D eigenvalue weighted by molar-refractivity contribution is -0.125. The Morgan fingerprint density at radius 1 is 1.27 bits per heavy atom. The summed E-state index contributed by atoms with van der Waals surface area (Å²) in [5.41, 5.74) is 2.10. The predicted molar refractivity (Wildman–Crippen MR) is 104 cm³/mol. The molecule has 2 heterocycles. The Balaban J connectivity index is 1.25. The fourth-order valence-electron chi connectivity index (χ4n) is 4.07. The average Bonchev–Trinajstić information content (AvgIpc) is 3.33. The van der Waals surface area contributed by atoms with Crippen molar-refractivity contribution in [2.24, 2.45) is 11.8 Å². The highest BCUT2D eigenvalue weighted by molar-refractivity contribution is 7.09. The first-order valence-electron chi connectivity index (χ1n) is 9.22. The number of thiazole rings is 1. The Hall–Kier alpha value is -1.98. The summed E-state index contributed by atoms with van der Waals surface area (Å²) in [6.07, 6.45) is 5.95. The maximum Gasteiger partial charge on any atom is 0.246 e. The van der Waals surface area contributed by atoms with Crippen molar-refractivity contribution in [2.45, 2.75) is 32.5 Å². The maximum absolute atomic E-state index is 12.4. The zero-order valence-electron chi connectivity index (χ0n) is 15.0. The van der Waals surface area contributed by atoms with E-state index in [1.807, 2.05) is 41.5 Å². The van der Waals surface area contributed by atoms with Crippen molar-refractivity contribution < 1.29 is 9.53 Å². The van der Waals surface area contributed by atoms with Gasteiger partial charge in [-0.2, -0.15) is 0 Å². The first kappa shape index (κ1) is 17.4. The van der Waals surface area contributed by atoms with Crippen molar-refractivity contribution in [3.8, 4) is 0 Å². The van der Waals surface area contributed by atoms with Gasteiger partial charge >= 0.3 is 0 Å². The van der Waals surface area contributed by atoms with Crippen LogP contribution in [-0.4, -0.2) is 35.0 Å². The Morgan fingerprint density at radius 3 is 2.65 bits per heavy atom. The van der Waals surface area contributed by atoms with E-state index < -0.39 is 0 Å². The van der Waals surface area contributed by atoms with Gasteiger partial charge in [-0.1, -0.05) is 30.3 Å². The van der Waals surface area contributed by atoms with Gasteiger partial charge in [0.2, 0.25) is 5.91 Å². The highest BCUT2D eigenvalue weighted by Gasteiger charge is 2.42. The van der Waals surface area contributed by atoms with Crippen LogP contribution in [-0.2, 0) is 16.1 Å². The minimum Gasteiger partial charge on any atom is -0.374 e. The van der Waals surface area contributed by atoms with Gasteiger partial charge in [0.25, 0.3) is 0 Å². The van der Waals surface area contributed by atoms with Crippen LogP contribution in [0.15, 0.2) is 41.8 Å². The predicted octanol–water partition coefficient (Wildman–Crippen LogP) is 3.92. The third kappa shape index (κ3) is 4.05. The number of hydrogen-bond acceptors (Lipinski definition) is 4. The molecule has 1 aromatic heterocycles. The number of aryl methyl sites for hydroxylation is 1. The summed E-state index contributed by atoms with van der Waals surface area (Å²) in [6.45, 7) is 4.37. The van der Waals surface area contributed by atoms with Crippen LogP contribution >= 0.6 is 11.3 Å². The number of aromatic nitrogens is 1. The van der Waals surface area contributed by atoms with E-state index in [0.29, 0.717) is 24.5 Å². The molecule has 0 bridgehead atoms. The van der Waals surface area contributed by atoms with Crippen molar-refractivity contribution in [1.82, 2.24) is 9.88 Å². The number of carbonyl (C=O) groups excluding carboxylic acids is 1. The van der Waals surface area contributed by atoms with Gasteiger partial charge < -0.3 is 9.64 Å². The summed E-state index contributed by atoms with van der Waals surface area (Å²) >= 11 is 1.60. The topological polar surface area (TPSA) is 42.4 Å². The number of likely N-dealkylation sites (tertiary alicyclic amines) is 1. The molecule has 2 aromatic rings. The standard InChI is InChI=1S/C21H24N2O2S/c1-15-22-19(14-26-15)7-8-21(24)23-11-17-9-20(10-18(17)12-23)25-13-16-5-3-2-4-6-16/h2-8,14,17-18,20H,9-13H2,1H3/b8-7+/t17-,18+,20?. The van der Waals surface area contributed by atoms with E-state index in [2.05, 4.69) is 17.1 Å². The van der Waals surface area contributed by atoms with E-state index in [4.69, 9.17) is 4.74 Å². The van der Waals surface area contributed by atoms with Gasteiger partial charge in [0, 0.05) is 24.5 Å². The molecule has 2 fully saturated rings. The van der Waals surface area contributed by atoms with Crippen molar-refractivity contribution in [2.75, 3.05) is 13.1 Å². The maximum atomic E-state index is 12.4. The van der Waals surface area contributed by atoms with Crippen molar-refractivity contribution in [3.05, 3.63) is 58.1 Å². The first-order chi connectivity index (χ1) is 12.7. The molecule has 1 aliphatic carbocycles. The molecule has 0 spiro atoms. The molecule has 1 unspecified atom stereocenters. The molecule has 1 aliphatic heterocycles. The van der Waals surface area contributed by atoms with Crippen molar-refractivity contribution in [1.29, 1.82) is 0 Å². The summed E-state index contributed by atoms with van der Waals surface area (Å²) < 4.78 is 6.10. The smallest absolute Gasteiger partial charge is 0.246 e. The normalized spacial score (nSPS) is 25.1. The van der Waals surface area contributed by atoms with E-state index in [0.717, 1.165) is 36.6 Å². The molecule has 1 amide bonds. The summed E-state index contributed by atoms with van der Waals surface area (Å²) in [5.74, 6) is 1.26. The highest BCUT2D eigenvalue weighted by Crippen LogP contribution is 2.39. The largest absolute Gasteiger partial charge is 0.374 e. The molecule has 136 valence electrons. The number of amides is 1. The van der Waals surface area contributed by atoms with Crippen LogP contribution in [0, 0.1) is 18.8 Å². The highest BCUT2D eigenvalue weighted by atomic mass is 32.1. The van der Waals surface area contributed by atoms with Gasteiger partial charge in [-0.05, 0) is 43.2 Å². The van der Waals surface area contributed by atoms with Crippen LogP contribution in [0.1, 0.15) is 29.1 Å². The second-order valence-corrected chi connectivity index (χ2v) is 8.34. The lowest BCUT2D eigenvalue weighted by Gasteiger charge is -2.18. The van der Waals surface area contributed by atoms with Crippen LogP contribution in [0.5, 0.6) is 0 Å². The minimum atomic E-state index is 0.104. The molecule has 26 heavy (non-hydrogen) atoms. The molecule has 1 saturated carbocycles. The number of nitrogens with zero attached hydrogens (tertiary/aromatic N) is 2. The monoisotopic (exact) mass is 368 g/mol. The third-order valence-electron chi connectivity index (χ3n) is 5.38. The number of rotatable bonds is 5. The molecule has 5 heteroatoms. The number of carbonyl (C=O) groups is 1. The summed E-state index contributed by atoms with van der Waals surface area (Å²) in [4.78, 5) is 18.8. The Kier molecular flexibility index (Phi) is 5.18. The molecule has 3 atom stereocenters. The Morgan fingerprint density at radius 2 is 2.00 bits per heavy atom. The molecule has 4 nitrogen and oxygen atoms in total. The minimum absolute atomic E-state index is 0.104. The quantitative estimate of drug-likeness (QED) is 0.751. The Labute approximate surface area is 158 Å². The van der Waals surface area contributed by atoms with Gasteiger partial charge in [-0.25, -0.2) is 4.98 Å². The third-order valence-corrected chi connectivity index (χ3v) is 6.17. The molecular formula is C21H24N2O2S. The van der Waals surface area contributed by atoms with Gasteiger partial charge in [0.15, 0.2) is 0 Å². The van der Waals surface area contributed by atoms with Gasteiger partial charge in [0.1, 0.15) is 0 Å². The lowest BCUT2D eigenvalue weighted by atomic mass is 10.0.